The summed E-state index contributed by atoms with van der Waals surface area (Å²) < 4.78 is 0. The first-order chi connectivity index (χ1) is 19.5. The molecule has 0 amide bonds. The average Bonchev–Trinajstić information content (AvgIpc) is 3.02. The molecule has 1 aliphatic rings. The Labute approximate surface area is 257 Å². The van der Waals surface area contributed by atoms with Crippen molar-refractivity contribution in [3.63, 3.8) is 0 Å². The molecule has 0 fully saturated rings. The van der Waals surface area contributed by atoms with E-state index in [0.717, 1.165) is 16.8 Å². The molecule has 0 radical (unpaired) electrons. The summed E-state index contributed by atoms with van der Waals surface area (Å²) in [5.74, 6) is 0. The van der Waals surface area contributed by atoms with Gasteiger partial charge in [0.1, 0.15) is 0 Å². The minimum atomic E-state index is -1.33. The fraction of sp³-hybridized carbons (Fsp3) is 0.108. The van der Waals surface area contributed by atoms with Crippen LogP contribution in [-0.4, -0.2) is 13.1 Å². The van der Waals surface area contributed by atoms with Gasteiger partial charge in [-0.25, -0.2) is 0 Å². The van der Waals surface area contributed by atoms with Gasteiger partial charge in [-0.2, -0.15) is 30.0 Å². The van der Waals surface area contributed by atoms with Crippen LogP contribution in [0, 0.1) is 12.1 Å². The van der Waals surface area contributed by atoms with E-state index in [1.165, 1.54) is 37.5 Å². The van der Waals surface area contributed by atoms with Gasteiger partial charge in [0.15, 0.2) is 0 Å². The van der Waals surface area contributed by atoms with Crippen LogP contribution >= 0.6 is 0 Å². The van der Waals surface area contributed by atoms with Crippen LogP contribution in [0.1, 0.15) is 11.6 Å². The molecule has 5 aromatic carbocycles. The van der Waals surface area contributed by atoms with E-state index < -0.39 is 8.07 Å². The smallest absolute Gasteiger partial charge is 0.683 e. The van der Waals surface area contributed by atoms with Gasteiger partial charge in [-0.15, -0.1) is 46.7 Å². The van der Waals surface area contributed by atoms with Crippen LogP contribution in [0.3, 0.4) is 0 Å². The van der Waals surface area contributed by atoms with Gasteiger partial charge in [-0.05, 0) is 27.9 Å². The zero-order valence-electron chi connectivity index (χ0n) is 23.4. The zero-order valence-corrected chi connectivity index (χ0v) is 26.8. The summed E-state index contributed by atoms with van der Waals surface area (Å²) in [5, 5.41) is 14.0. The SMILES string of the molecule is C[Si](C)(C)C1=C[N-]C(c2[c-]cc3c4ccccc4c4ccccc4c3c2)C=C1.[Ir+3].[c-]1ccccc1-c1ccccn1. The summed E-state index contributed by atoms with van der Waals surface area (Å²) in [6.07, 6.45) is 8.39. The predicted octanol–water partition coefficient (Wildman–Crippen LogP) is 10.2. The number of nitrogens with zero attached hydrogens (tertiary/aromatic N) is 2. The molecule has 41 heavy (non-hydrogen) atoms. The molecule has 0 bridgehead atoms. The summed E-state index contributed by atoms with van der Waals surface area (Å²) >= 11 is 0. The van der Waals surface area contributed by atoms with E-state index in [9.17, 15) is 0 Å². The normalized spacial score (nSPS) is 14.5. The molecular weight excluding hydrogens is 693 g/mol. The van der Waals surface area contributed by atoms with Gasteiger partial charge in [0.25, 0.3) is 0 Å². The molecule has 202 valence electrons. The van der Waals surface area contributed by atoms with Crippen molar-refractivity contribution in [2.75, 3.05) is 0 Å². The molecule has 1 aromatic heterocycles. The number of hydrogen-bond acceptors (Lipinski definition) is 1. The molecular formula is C37H31IrN2Si. The van der Waals surface area contributed by atoms with Gasteiger partial charge in [0.2, 0.25) is 0 Å². The first-order valence-electron chi connectivity index (χ1n) is 13.7. The molecule has 6 aromatic rings. The number of rotatable bonds is 3. The predicted molar refractivity (Wildman–Crippen MR) is 173 cm³/mol. The Kier molecular flexibility index (Phi) is 8.65. The van der Waals surface area contributed by atoms with Crippen molar-refractivity contribution in [2.24, 2.45) is 0 Å². The molecule has 0 spiro atoms. The van der Waals surface area contributed by atoms with Gasteiger partial charge in [-0.1, -0.05) is 109 Å². The van der Waals surface area contributed by atoms with Crippen molar-refractivity contribution in [2.45, 2.75) is 25.7 Å². The zero-order chi connectivity index (χ0) is 27.5. The van der Waals surface area contributed by atoms with Crippen molar-refractivity contribution in [3.05, 3.63) is 156 Å². The van der Waals surface area contributed by atoms with E-state index >= 15 is 0 Å². The quantitative estimate of drug-likeness (QED) is 0.101. The molecule has 2 heterocycles. The van der Waals surface area contributed by atoms with Gasteiger partial charge in [0, 0.05) is 6.20 Å². The molecule has 0 aliphatic carbocycles. The second-order valence-electron chi connectivity index (χ2n) is 11.1. The Morgan fingerprint density at radius 1 is 0.707 bits per heavy atom. The Balaban J connectivity index is 0.000000218. The maximum absolute atomic E-state index is 4.85. The van der Waals surface area contributed by atoms with Crippen LogP contribution < -0.4 is 0 Å². The summed E-state index contributed by atoms with van der Waals surface area (Å²) in [5.41, 5.74) is 3.14. The van der Waals surface area contributed by atoms with E-state index in [0.29, 0.717) is 0 Å². The number of pyridine rings is 1. The number of hydrogen-bond donors (Lipinski definition) is 0. The fourth-order valence-electron chi connectivity index (χ4n) is 5.18. The maximum atomic E-state index is 4.85. The van der Waals surface area contributed by atoms with Crippen LogP contribution in [0.5, 0.6) is 0 Å². The van der Waals surface area contributed by atoms with E-state index in [2.05, 4.69) is 116 Å². The van der Waals surface area contributed by atoms with Gasteiger partial charge < -0.3 is 10.3 Å². The summed E-state index contributed by atoms with van der Waals surface area (Å²) in [4.78, 5) is 4.22. The van der Waals surface area contributed by atoms with Crippen LogP contribution in [-0.2, 0) is 20.1 Å². The van der Waals surface area contributed by atoms with Crippen LogP contribution in [0.25, 0.3) is 48.9 Å². The van der Waals surface area contributed by atoms with Crippen molar-refractivity contribution in [1.82, 2.24) is 4.98 Å². The molecule has 0 N–H and O–H groups in total. The summed E-state index contributed by atoms with van der Waals surface area (Å²) in [7, 11) is -1.33. The Morgan fingerprint density at radius 3 is 1.90 bits per heavy atom. The molecule has 1 aliphatic heterocycles. The topological polar surface area (TPSA) is 27.0 Å². The molecule has 4 heteroatoms. The minimum absolute atomic E-state index is 0. The second kappa shape index (κ2) is 12.4. The van der Waals surface area contributed by atoms with E-state index in [4.69, 9.17) is 5.32 Å². The second-order valence-corrected chi connectivity index (χ2v) is 16.2. The number of benzene rings is 5. The van der Waals surface area contributed by atoms with E-state index in [-0.39, 0.29) is 26.1 Å². The Hall–Kier alpha value is -3.82. The third kappa shape index (κ3) is 6.11. The molecule has 2 nitrogen and oxygen atoms in total. The van der Waals surface area contributed by atoms with Gasteiger partial charge in [0.05, 0.1) is 8.07 Å². The van der Waals surface area contributed by atoms with Crippen LogP contribution in [0.2, 0.25) is 19.6 Å². The molecule has 0 saturated heterocycles. The molecule has 1 unspecified atom stereocenters. The standard InChI is InChI=1S/C26H23NSi.C11H8N.Ir/c1-28(2,3)19-13-15-26(27-17-19)18-12-14-24-22-10-5-4-8-20(22)21-9-6-7-11-23(21)25(24)16-18;1-2-6-10(7-3-1)11-8-4-5-9-12-11;/h4-11,13-17,26H,1-3H3;1-6,8-9H;/q-2;-1;+3. The van der Waals surface area contributed by atoms with Crippen molar-refractivity contribution >= 4 is 40.4 Å². The van der Waals surface area contributed by atoms with Gasteiger partial charge >= 0.3 is 20.1 Å². The molecule has 7 rings (SSSR count). The first-order valence-corrected chi connectivity index (χ1v) is 17.2. The van der Waals surface area contributed by atoms with Crippen molar-refractivity contribution < 1.29 is 20.1 Å². The number of aromatic nitrogens is 1. The van der Waals surface area contributed by atoms with Crippen LogP contribution in [0.15, 0.2) is 133 Å². The first kappa shape index (κ1) is 28.7. The Bertz CT molecular complexity index is 1780. The Morgan fingerprint density at radius 2 is 1.34 bits per heavy atom. The fourth-order valence-corrected chi connectivity index (χ4v) is 6.24. The largest absolute Gasteiger partial charge is 3.00 e. The summed E-state index contributed by atoms with van der Waals surface area (Å²) in [6.45, 7) is 7.08. The average molecular weight is 724 g/mol. The number of allylic oxidation sites excluding steroid dienone is 2. The monoisotopic (exact) mass is 724 g/mol. The summed E-state index contributed by atoms with van der Waals surface area (Å²) in [6, 6.07) is 42.2. The van der Waals surface area contributed by atoms with E-state index in [1.54, 1.807) is 6.20 Å². The number of fused-ring (bicyclic) bond motifs is 6. The maximum Gasteiger partial charge on any atom is 3.00 e. The van der Waals surface area contributed by atoms with Crippen molar-refractivity contribution in [1.29, 1.82) is 0 Å². The van der Waals surface area contributed by atoms with Crippen molar-refractivity contribution in [3.8, 4) is 11.3 Å². The molecule has 1 atom stereocenters. The third-order valence-electron chi connectivity index (χ3n) is 7.36. The van der Waals surface area contributed by atoms with E-state index in [1.807, 2.05) is 42.5 Å². The van der Waals surface area contributed by atoms with Gasteiger partial charge in [-0.3, -0.25) is 0 Å². The molecule has 0 saturated carbocycles. The third-order valence-corrected chi connectivity index (χ3v) is 9.39. The van der Waals surface area contributed by atoms with Crippen LogP contribution in [0.4, 0.5) is 0 Å². The minimum Gasteiger partial charge on any atom is -0.683 e.